The third-order valence-electron chi connectivity index (χ3n) is 3.48. The van der Waals surface area contributed by atoms with Crippen molar-refractivity contribution in [3.05, 3.63) is 29.3 Å². The maximum Gasteiger partial charge on any atom is 0.335 e. The van der Waals surface area contributed by atoms with Crippen molar-refractivity contribution in [3.8, 4) is 0 Å². The summed E-state index contributed by atoms with van der Waals surface area (Å²) in [5.74, 6) is -1.19. The molecule has 7 nitrogen and oxygen atoms in total. The fourth-order valence-electron chi connectivity index (χ4n) is 2.18. The van der Waals surface area contributed by atoms with E-state index in [1.165, 1.54) is 25.1 Å². The Labute approximate surface area is 122 Å². The summed E-state index contributed by atoms with van der Waals surface area (Å²) in [5.41, 5.74) is -1.13. The quantitative estimate of drug-likeness (QED) is 0.711. The fourth-order valence-corrected chi connectivity index (χ4v) is 3.57. The number of carbonyl (C=O) groups is 1. The van der Waals surface area contributed by atoms with E-state index >= 15 is 0 Å². The van der Waals surface area contributed by atoms with Crippen LogP contribution in [0.4, 0.5) is 0 Å². The van der Waals surface area contributed by atoms with Gasteiger partial charge in [-0.3, -0.25) is 0 Å². The number of sulfonamides is 1. The van der Waals surface area contributed by atoms with Crippen LogP contribution in [0.3, 0.4) is 0 Å². The minimum absolute atomic E-state index is 0.0687. The first-order valence-electron chi connectivity index (χ1n) is 6.38. The molecule has 1 fully saturated rings. The number of nitrogens with one attached hydrogen (secondary N) is 1. The molecule has 2 rings (SSSR count). The van der Waals surface area contributed by atoms with E-state index in [9.17, 15) is 18.3 Å². The zero-order valence-corrected chi connectivity index (χ0v) is 12.3. The Hall–Kier alpha value is -1.48. The molecule has 116 valence electrons. The molecule has 3 N–H and O–H groups in total. The highest BCUT2D eigenvalue weighted by Crippen LogP contribution is 2.21. The SMILES string of the molecule is Cc1c(C(=O)O)cccc1S(=O)(=O)NCC1(O)CCOC1. The van der Waals surface area contributed by atoms with Crippen LogP contribution in [0.1, 0.15) is 22.3 Å². The van der Waals surface area contributed by atoms with Gasteiger partial charge in [0.2, 0.25) is 10.0 Å². The van der Waals surface area contributed by atoms with Gasteiger partial charge in [0.25, 0.3) is 0 Å². The van der Waals surface area contributed by atoms with Crippen molar-refractivity contribution in [2.75, 3.05) is 19.8 Å². The van der Waals surface area contributed by atoms with Gasteiger partial charge in [-0.1, -0.05) is 6.07 Å². The average molecular weight is 315 g/mol. The lowest BCUT2D eigenvalue weighted by molar-refractivity contribution is 0.0314. The van der Waals surface area contributed by atoms with Crippen molar-refractivity contribution in [3.63, 3.8) is 0 Å². The second-order valence-corrected chi connectivity index (χ2v) is 6.82. The number of aliphatic hydroxyl groups is 1. The first-order chi connectivity index (χ1) is 9.75. The highest BCUT2D eigenvalue weighted by atomic mass is 32.2. The lowest BCUT2D eigenvalue weighted by Gasteiger charge is -2.21. The summed E-state index contributed by atoms with van der Waals surface area (Å²) in [6, 6.07) is 4.05. The van der Waals surface area contributed by atoms with Gasteiger partial charge in [-0.05, 0) is 24.6 Å². The summed E-state index contributed by atoms with van der Waals surface area (Å²) in [4.78, 5) is 10.9. The topological polar surface area (TPSA) is 113 Å². The van der Waals surface area contributed by atoms with E-state index in [-0.39, 0.29) is 29.2 Å². The summed E-state index contributed by atoms with van der Waals surface area (Å²) in [6.45, 7) is 1.72. The standard InChI is InChI=1S/C13H17NO6S/c1-9-10(12(15)16)3-2-4-11(9)21(18,19)14-7-13(17)5-6-20-8-13/h2-4,14,17H,5-8H2,1H3,(H,15,16). The highest BCUT2D eigenvalue weighted by molar-refractivity contribution is 7.89. The number of ether oxygens (including phenoxy) is 1. The van der Waals surface area contributed by atoms with Crippen LogP contribution < -0.4 is 4.72 Å². The molecule has 0 aromatic heterocycles. The molecular weight excluding hydrogens is 298 g/mol. The predicted molar refractivity (Wildman–Crippen MR) is 73.7 cm³/mol. The molecule has 1 aliphatic heterocycles. The Morgan fingerprint density at radius 2 is 2.19 bits per heavy atom. The molecule has 1 heterocycles. The Kier molecular flexibility index (Phi) is 4.33. The van der Waals surface area contributed by atoms with E-state index in [1.54, 1.807) is 0 Å². The second-order valence-electron chi connectivity index (χ2n) is 5.09. The number of benzene rings is 1. The van der Waals surface area contributed by atoms with E-state index in [1.807, 2.05) is 0 Å². The molecule has 21 heavy (non-hydrogen) atoms. The Morgan fingerprint density at radius 1 is 1.48 bits per heavy atom. The van der Waals surface area contributed by atoms with Gasteiger partial charge in [0.15, 0.2) is 0 Å². The zero-order chi connectivity index (χ0) is 15.7. The molecule has 1 aromatic rings. The van der Waals surface area contributed by atoms with Crippen molar-refractivity contribution in [2.24, 2.45) is 0 Å². The zero-order valence-electron chi connectivity index (χ0n) is 11.5. The molecule has 1 saturated heterocycles. The van der Waals surface area contributed by atoms with Gasteiger partial charge in [0.1, 0.15) is 5.60 Å². The summed E-state index contributed by atoms with van der Waals surface area (Å²) in [6.07, 6.45) is 0.351. The van der Waals surface area contributed by atoms with Gasteiger partial charge in [0.05, 0.1) is 17.1 Å². The van der Waals surface area contributed by atoms with Crippen LogP contribution in [-0.2, 0) is 14.8 Å². The largest absolute Gasteiger partial charge is 0.478 e. The molecular formula is C13H17NO6S. The highest BCUT2D eigenvalue weighted by Gasteiger charge is 2.34. The molecule has 1 atom stereocenters. The van der Waals surface area contributed by atoms with Crippen LogP contribution in [-0.4, -0.2) is 50.0 Å². The van der Waals surface area contributed by atoms with Crippen LogP contribution in [0, 0.1) is 6.92 Å². The van der Waals surface area contributed by atoms with Crippen LogP contribution >= 0.6 is 0 Å². The summed E-state index contributed by atoms with van der Waals surface area (Å²) < 4.78 is 31.9. The van der Waals surface area contributed by atoms with Crippen LogP contribution in [0.25, 0.3) is 0 Å². The van der Waals surface area contributed by atoms with E-state index in [4.69, 9.17) is 9.84 Å². The first kappa shape index (κ1) is 15.9. The molecule has 1 aliphatic rings. The van der Waals surface area contributed by atoms with E-state index in [0.29, 0.717) is 13.0 Å². The van der Waals surface area contributed by atoms with E-state index in [0.717, 1.165) is 0 Å². The molecule has 0 amide bonds. The number of carboxylic acids is 1. The first-order valence-corrected chi connectivity index (χ1v) is 7.86. The summed E-state index contributed by atoms with van der Waals surface area (Å²) >= 11 is 0. The van der Waals surface area contributed by atoms with E-state index in [2.05, 4.69) is 4.72 Å². The normalized spacial score (nSPS) is 22.4. The third-order valence-corrected chi connectivity index (χ3v) is 5.02. The lowest BCUT2D eigenvalue weighted by atomic mass is 10.1. The molecule has 0 aliphatic carbocycles. The lowest BCUT2D eigenvalue weighted by Crippen LogP contribution is -2.43. The number of carboxylic acid groups (broad SMARTS) is 1. The van der Waals surface area contributed by atoms with Gasteiger partial charge in [0, 0.05) is 19.6 Å². The molecule has 0 saturated carbocycles. The molecule has 0 bridgehead atoms. The van der Waals surface area contributed by atoms with Crippen LogP contribution in [0.5, 0.6) is 0 Å². The van der Waals surface area contributed by atoms with Gasteiger partial charge < -0.3 is 14.9 Å². The van der Waals surface area contributed by atoms with E-state index < -0.39 is 21.6 Å². The summed E-state index contributed by atoms with van der Waals surface area (Å²) in [7, 11) is -3.90. The Bertz CT molecular complexity index is 649. The van der Waals surface area contributed by atoms with Gasteiger partial charge >= 0.3 is 5.97 Å². The molecule has 0 spiro atoms. The number of aromatic carboxylic acids is 1. The van der Waals surface area contributed by atoms with Crippen LogP contribution in [0.15, 0.2) is 23.1 Å². The van der Waals surface area contributed by atoms with Gasteiger partial charge in [-0.25, -0.2) is 17.9 Å². The third kappa shape index (κ3) is 3.41. The van der Waals surface area contributed by atoms with Gasteiger partial charge in [-0.2, -0.15) is 0 Å². The average Bonchev–Trinajstić information content (AvgIpc) is 2.84. The Morgan fingerprint density at radius 3 is 2.76 bits per heavy atom. The Balaban J connectivity index is 2.24. The smallest absolute Gasteiger partial charge is 0.335 e. The van der Waals surface area contributed by atoms with Crippen LogP contribution in [0.2, 0.25) is 0 Å². The van der Waals surface area contributed by atoms with Gasteiger partial charge in [-0.15, -0.1) is 0 Å². The maximum absolute atomic E-state index is 12.3. The molecule has 8 heteroatoms. The number of hydrogen-bond donors (Lipinski definition) is 3. The van der Waals surface area contributed by atoms with Crippen molar-refractivity contribution in [1.29, 1.82) is 0 Å². The minimum atomic E-state index is -3.90. The monoisotopic (exact) mass is 315 g/mol. The predicted octanol–water partition coefficient (Wildman–Crippen LogP) is 0.123. The van der Waals surface area contributed by atoms with Crippen molar-refractivity contribution < 1.29 is 28.2 Å². The number of rotatable bonds is 5. The molecule has 1 aromatic carbocycles. The molecule has 1 unspecified atom stereocenters. The summed E-state index contributed by atoms with van der Waals surface area (Å²) in [5, 5.41) is 19.1. The van der Waals surface area contributed by atoms with Crippen molar-refractivity contribution >= 4 is 16.0 Å². The minimum Gasteiger partial charge on any atom is -0.478 e. The fraction of sp³-hybridized carbons (Fsp3) is 0.462. The van der Waals surface area contributed by atoms with Crippen molar-refractivity contribution in [2.45, 2.75) is 23.8 Å². The van der Waals surface area contributed by atoms with Crippen molar-refractivity contribution in [1.82, 2.24) is 4.72 Å². The second kappa shape index (κ2) is 5.72. The maximum atomic E-state index is 12.3. The molecule has 0 radical (unpaired) electrons. The number of hydrogen-bond acceptors (Lipinski definition) is 5.